The molecule has 0 radical (unpaired) electrons. The highest BCUT2D eigenvalue weighted by molar-refractivity contribution is 6.30. The first-order chi connectivity index (χ1) is 18.3. The van der Waals surface area contributed by atoms with E-state index in [0.717, 1.165) is 19.3 Å². The number of hydrogen-bond donors (Lipinski definition) is 2. The van der Waals surface area contributed by atoms with E-state index in [9.17, 15) is 19.6 Å². The molecule has 9 nitrogen and oxygen atoms in total. The number of carboxylic acid groups (broad SMARTS) is 1. The van der Waals surface area contributed by atoms with E-state index in [2.05, 4.69) is 11.4 Å². The van der Waals surface area contributed by atoms with Gasteiger partial charge in [0.05, 0.1) is 43.4 Å². The first-order valence-corrected chi connectivity index (χ1v) is 12.7. The Balaban J connectivity index is 1.64. The van der Waals surface area contributed by atoms with Gasteiger partial charge in [-0.1, -0.05) is 11.6 Å². The number of anilines is 1. The van der Waals surface area contributed by atoms with Crippen molar-refractivity contribution in [2.75, 3.05) is 25.6 Å². The van der Waals surface area contributed by atoms with Crippen molar-refractivity contribution < 1.29 is 29.0 Å². The highest BCUT2D eigenvalue weighted by Gasteiger charge is 2.38. The van der Waals surface area contributed by atoms with E-state index >= 15 is 0 Å². The number of methoxy groups -OCH3 is 1. The molecule has 0 aromatic heterocycles. The second-order valence-corrected chi connectivity index (χ2v) is 9.65. The zero-order valence-electron chi connectivity index (χ0n) is 20.9. The Morgan fingerprint density at radius 2 is 2.03 bits per heavy atom. The van der Waals surface area contributed by atoms with Gasteiger partial charge in [-0.25, -0.2) is 4.79 Å². The fraction of sp³-hybridized carbons (Fsp3) is 0.357. The van der Waals surface area contributed by atoms with E-state index in [4.69, 9.17) is 26.2 Å². The van der Waals surface area contributed by atoms with Gasteiger partial charge in [0.15, 0.2) is 0 Å². The van der Waals surface area contributed by atoms with Crippen LogP contribution in [0.4, 0.5) is 5.69 Å². The summed E-state index contributed by atoms with van der Waals surface area (Å²) in [5.41, 5.74) is 1.97. The lowest BCUT2D eigenvalue weighted by molar-refractivity contribution is -0.140. The lowest BCUT2D eigenvalue weighted by atomic mass is 9.92. The fourth-order valence-corrected chi connectivity index (χ4v) is 4.98. The molecular weight excluding hydrogens is 510 g/mol. The highest BCUT2D eigenvalue weighted by Crippen LogP contribution is 2.34. The summed E-state index contributed by atoms with van der Waals surface area (Å²) in [6, 6.07) is 11.9. The Hall–Kier alpha value is -3.87. The number of nitriles is 1. The molecule has 2 aromatic carbocycles. The van der Waals surface area contributed by atoms with Gasteiger partial charge in [-0.05, 0) is 61.7 Å². The second kappa shape index (κ2) is 12.1. The molecule has 198 valence electrons. The minimum absolute atomic E-state index is 0.0325. The first kappa shape index (κ1) is 27.2. The summed E-state index contributed by atoms with van der Waals surface area (Å²) in [7, 11) is 1.49. The standard InChI is InChI=1S/C28H28ClN3O6/c1-37-25-16-32(26(33)14-23(25)22-12-19(29)8-5-18(22)15-30)24(13-21-4-2-3-11-38-21)27(34)31-20-9-6-17(7-10-20)28(35)36/h5-10,12,21,24H,2-4,11,13-14,16H2,1H3,(H,31,34)(H,35,36)/t21-,24-/m0/s1. The minimum atomic E-state index is -1.07. The Kier molecular flexibility index (Phi) is 8.66. The number of ether oxygens (including phenoxy) is 2. The van der Waals surface area contributed by atoms with Crippen molar-refractivity contribution in [3.8, 4) is 6.07 Å². The van der Waals surface area contributed by atoms with Crippen molar-refractivity contribution in [3.05, 3.63) is 69.9 Å². The number of aromatic carboxylic acids is 1. The Morgan fingerprint density at radius 3 is 2.66 bits per heavy atom. The summed E-state index contributed by atoms with van der Waals surface area (Å²) >= 11 is 6.19. The van der Waals surface area contributed by atoms with Crippen LogP contribution in [0, 0.1) is 11.3 Å². The highest BCUT2D eigenvalue weighted by atomic mass is 35.5. The van der Waals surface area contributed by atoms with Gasteiger partial charge in [-0.2, -0.15) is 5.26 Å². The number of carboxylic acids is 1. The molecule has 4 rings (SSSR count). The van der Waals surface area contributed by atoms with Crippen LogP contribution in [0.3, 0.4) is 0 Å². The second-order valence-electron chi connectivity index (χ2n) is 9.22. The molecule has 0 spiro atoms. The van der Waals surface area contributed by atoms with Crippen molar-refractivity contribution in [1.29, 1.82) is 5.26 Å². The van der Waals surface area contributed by atoms with E-state index in [-0.39, 0.29) is 30.5 Å². The number of hydrogen-bond acceptors (Lipinski definition) is 6. The molecular formula is C28H28ClN3O6. The number of carbonyl (C=O) groups is 3. The van der Waals surface area contributed by atoms with Gasteiger partial charge in [-0.3, -0.25) is 9.59 Å². The van der Waals surface area contributed by atoms with Crippen LogP contribution in [0.25, 0.3) is 5.57 Å². The number of benzene rings is 2. The third-order valence-electron chi connectivity index (χ3n) is 6.81. The Bertz CT molecular complexity index is 1290. The maximum atomic E-state index is 13.5. The quantitative estimate of drug-likeness (QED) is 0.508. The van der Waals surface area contributed by atoms with Crippen LogP contribution in [0.5, 0.6) is 0 Å². The van der Waals surface area contributed by atoms with Gasteiger partial charge in [0.2, 0.25) is 11.8 Å². The van der Waals surface area contributed by atoms with Crippen molar-refractivity contribution in [1.82, 2.24) is 4.90 Å². The van der Waals surface area contributed by atoms with Crippen molar-refractivity contribution in [2.24, 2.45) is 0 Å². The summed E-state index contributed by atoms with van der Waals surface area (Å²) in [5, 5.41) is 22.0. The molecule has 2 N–H and O–H groups in total. The van der Waals surface area contributed by atoms with Crippen molar-refractivity contribution >= 4 is 40.6 Å². The van der Waals surface area contributed by atoms with Crippen LogP contribution in [0.15, 0.2) is 48.2 Å². The van der Waals surface area contributed by atoms with Crippen LogP contribution in [0.2, 0.25) is 5.02 Å². The average Bonchev–Trinajstić information content (AvgIpc) is 2.92. The zero-order chi connectivity index (χ0) is 27.2. The summed E-state index contributed by atoms with van der Waals surface area (Å²) in [4.78, 5) is 39.7. The number of nitrogens with zero attached hydrogens (tertiary/aromatic N) is 2. The predicted octanol–water partition coefficient (Wildman–Crippen LogP) is 4.47. The van der Waals surface area contributed by atoms with Gasteiger partial charge in [0.25, 0.3) is 0 Å². The monoisotopic (exact) mass is 537 g/mol. The number of nitrogens with one attached hydrogen (secondary N) is 1. The molecule has 0 saturated carbocycles. The van der Waals surface area contributed by atoms with Gasteiger partial charge in [-0.15, -0.1) is 0 Å². The topological polar surface area (TPSA) is 129 Å². The average molecular weight is 538 g/mol. The molecule has 0 unspecified atom stereocenters. The number of amides is 2. The smallest absolute Gasteiger partial charge is 0.335 e. The van der Waals surface area contributed by atoms with E-state index in [1.165, 1.54) is 36.3 Å². The molecule has 10 heteroatoms. The summed E-state index contributed by atoms with van der Waals surface area (Å²) in [6.45, 7) is 0.632. The van der Waals surface area contributed by atoms with Gasteiger partial charge in [0, 0.05) is 34.9 Å². The molecule has 1 saturated heterocycles. The van der Waals surface area contributed by atoms with E-state index in [0.29, 0.717) is 46.2 Å². The van der Waals surface area contributed by atoms with E-state index in [1.807, 2.05) is 0 Å². The molecule has 2 heterocycles. The molecule has 2 aromatic rings. The summed E-state index contributed by atoms with van der Waals surface area (Å²) < 4.78 is 11.6. The molecule has 0 aliphatic carbocycles. The molecule has 2 aliphatic heterocycles. The van der Waals surface area contributed by atoms with Crippen LogP contribution < -0.4 is 5.32 Å². The maximum absolute atomic E-state index is 13.5. The zero-order valence-corrected chi connectivity index (χ0v) is 21.7. The summed E-state index contributed by atoms with van der Waals surface area (Å²) in [5.74, 6) is -1.29. The molecule has 1 fully saturated rings. The maximum Gasteiger partial charge on any atom is 0.335 e. The number of rotatable bonds is 8. The lowest BCUT2D eigenvalue weighted by Gasteiger charge is -2.37. The van der Waals surface area contributed by atoms with Crippen molar-refractivity contribution in [2.45, 2.75) is 44.2 Å². The lowest BCUT2D eigenvalue weighted by Crippen LogP contribution is -2.51. The number of carbonyl (C=O) groups excluding carboxylic acids is 2. The third kappa shape index (κ3) is 6.15. The van der Waals surface area contributed by atoms with Crippen molar-refractivity contribution in [3.63, 3.8) is 0 Å². The van der Waals surface area contributed by atoms with E-state index < -0.39 is 17.9 Å². The SMILES string of the molecule is COC1=C(c2cc(Cl)ccc2C#N)CC(=O)N([C@@H](C[C@@H]2CCCCO2)C(=O)Nc2ccc(C(=O)O)cc2)C1. The van der Waals surface area contributed by atoms with E-state index in [1.54, 1.807) is 18.2 Å². The van der Waals surface area contributed by atoms with Gasteiger partial charge < -0.3 is 24.8 Å². The third-order valence-corrected chi connectivity index (χ3v) is 7.05. The first-order valence-electron chi connectivity index (χ1n) is 12.3. The predicted molar refractivity (Wildman–Crippen MR) is 140 cm³/mol. The Morgan fingerprint density at radius 1 is 1.26 bits per heavy atom. The largest absolute Gasteiger partial charge is 0.499 e. The molecule has 2 amide bonds. The van der Waals surface area contributed by atoms with Crippen LogP contribution in [-0.2, 0) is 19.1 Å². The fourth-order valence-electron chi connectivity index (χ4n) is 4.81. The molecule has 2 aliphatic rings. The van der Waals surface area contributed by atoms with Crippen LogP contribution >= 0.6 is 11.6 Å². The molecule has 2 atom stereocenters. The number of halogens is 1. The molecule has 0 bridgehead atoms. The minimum Gasteiger partial charge on any atom is -0.499 e. The van der Waals surface area contributed by atoms with Crippen LogP contribution in [-0.4, -0.2) is 60.2 Å². The summed E-state index contributed by atoms with van der Waals surface area (Å²) in [6.07, 6.45) is 2.76. The van der Waals surface area contributed by atoms with Crippen LogP contribution in [0.1, 0.15) is 53.6 Å². The van der Waals surface area contributed by atoms with Gasteiger partial charge >= 0.3 is 5.97 Å². The molecule has 38 heavy (non-hydrogen) atoms. The Labute approximate surface area is 225 Å². The normalized spacial score (nSPS) is 18.5. The van der Waals surface area contributed by atoms with Gasteiger partial charge in [0.1, 0.15) is 11.8 Å².